The van der Waals surface area contributed by atoms with Gasteiger partial charge in [0.25, 0.3) is 0 Å². The molecule has 0 spiro atoms. The molecule has 21 heavy (non-hydrogen) atoms. The van der Waals surface area contributed by atoms with Crippen molar-refractivity contribution in [2.45, 2.75) is 97.8 Å². The van der Waals surface area contributed by atoms with Crippen LogP contribution in [0.4, 0.5) is 0 Å². The van der Waals surface area contributed by atoms with Gasteiger partial charge in [0.05, 0.1) is 26.2 Å². The van der Waals surface area contributed by atoms with Gasteiger partial charge in [-0.3, -0.25) is 0 Å². The van der Waals surface area contributed by atoms with Crippen molar-refractivity contribution < 1.29 is 4.48 Å². The molecule has 0 heterocycles. The summed E-state index contributed by atoms with van der Waals surface area (Å²) in [4.78, 5) is 0. The van der Waals surface area contributed by atoms with E-state index in [1.165, 1.54) is 108 Å². The fourth-order valence-electron chi connectivity index (χ4n) is 4.36. The fourth-order valence-corrected chi connectivity index (χ4v) is 4.36. The normalized spacial score (nSPS) is 19.6. The van der Waals surface area contributed by atoms with E-state index >= 15 is 0 Å². The summed E-state index contributed by atoms with van der Waals surface area (Å²) >= 11 is 0. The zero-order valence-electron chi connectivity index (χ0n) is 15.3. The molecule has 0 radical (unpaired) electrons. The zero-order valence-corrected chi connectivity index (χ0v) is 15.3. The second-order valence-corrected chi connectivity index (χ2v) is 7.56. The van der Waals surface area contributed by atoms with Crippen molar-refractivity contribution >= 4 is 0 Å². The first kappa shape index (κ1) is 19.0. The van der Waals surface area contributed by atoms with E-state index in [1.807, 2.05) is 0 Å². The maximum atomic E-state index is 2.44. The lowest BCUT2D eigenvalue weighted by Crippen LogP contribution is -2.52. The van der Waals surface area contributed by atoms with Gasteiger partial charge in [-0.1, -0.05) is 58.8 Å². The third-order valence-corrected chi connectivity index (χ3v) is 5.73. The Morgan fingerprint density at radius 3 is 2.00 bits per heavy atom. The van der Waals surface area contributed by atoms with Gasteiger partial charge in [0.15, 0.2) is 0 Å². The lowest BCUT2D eigenvalue weighted by molar-refractivity contribution is -0.930. The Bertz CT molecular complexity index is 232. The molecular weight excluding hydrogens is 254 g/mol. The van der Waals surface area contributed by atoms with Gasteiger partial charge in [-0.2, -0.15) is 0 Å². The summed E-state index contributed by atoms with van der Waals surface area (Å²) in [5.41, 5.74) is 0. The smallest absolute Gasteiger partial charge is 0.0815 e. The number of hydrogen-bond donors (Lipinski definition) is 0. The summed E-state index contributed by atoms with van der Waals surface area (Å²) in [7, 11) is 0. The molecule has 1 saturated carbocycles. The third kappa shape index (κ3) is 7.68. The van der Waals surface area contributed by atoms with Crippen molar-refractivity contribution in [2.75, 3.05) is 26.2 Å². The van der Waals surface area contributed by atoms with E-state index in [0.29, 0.717) is 0 Å². The van der Waals surface area contributed by atoms with Crippen LogP contribution >= 0.6 is 0 Å². The molecule has 0 aliphatic heterocycles. The molecule has 1 nitrogen and oxygen atoms in total. The molecule has 1 unspecified atom stereocenters. The Hall–Kier alpha value is -0.0400. The highest BCUT2D eigenvalue weighted by Crippen LogP contribution is 2.27. The van der Waals surface area contributed by atoms with E-state index in [4.69, 9.17) is 0 Å². The topological polar surface area (TPSA) is 0 Å². The maximum absolute atomic E-state index is 2.44. The van der Waals surface area contributed by atoms with Gasteiger partial charge in [0.1, 0.15) is 0 Å². The zero-order chi connectivity index (χ0) is 15.4. The van der Waals surface area contributed by atoms with Crippen LogP contribution in [-0.4, -0.2) is 30.7 Å². The third-order valence-electron chi connectivity index (χ3n) is 5.73. The van der Waals surface area contributed by atoms with Crippen LogP contribution in [0.5, 0.6) is 0 Å². The summed E-state index contributed by atoms with van der Waals surface area (Å²) < 4.78 is 1.43. The highest BCUT2D eigenvalue weighted by Gasteiger charge is 2.29. The van der Waals surface area contributed by atoms with Gasteiger partial charge < -0.3 is 4.48 Å². The Morgan fingerprint density at radius 1 is 0.714 bits per heavy atom. The number of unbranched alkanes of at least 4 members (excludes halogenated alkanes) is 5. The summed E-state index contributed by atoms with van der Waals surface area (Å²) in [5.74, 6) is 1.03. The first-order valence-electron chi connectivity index (χ1n) is 10.1. The molecule has 0 bridgehead atoms. The van der Waals surface area contributed by atoms with E-state index < -0.39 is 0 Å². The van der Waals surface area contributed by atoms with Crippen LogP contribution in [0, 0.1) is 5.92 Å². The minimum absolute atomic E-state index is 1.03. The molecular formula is C20H42N+. The van der Waals surface area contributed by atoms with E-state index in [2.05, 4.69) is 20.8 Å². The lowest BCUT2D eigenvalue weighted by atomic mass is 9.88. The van der Waals surface area contributed by atoms with Crippen LogP contribution in [0.1, 0.15) is 97.8 Å². The number of quaternary nitrogens is 1. The quantitative estimate of drug-likeness (QED) is 0.298. The summed E-state index contributed by atoms with van der Waals surface area (Å²) in [5, 5.41) is 0. The second kappa shape index (κ2) is 11.5. The average molecular weight is 297 g/mol. The van der Waals surface area contributed by atoms with Gasteiger partial charge in [-0.05, 0) is 39.0 Å². The Balaban J connectivity index is 2.36. The van der Waals surface area contributed by atoms with Crippen LogP contribution in [0.2, 0.25) is 0 Å². The molecule has 1 fully saturated rings. The van der Waals surface area contributed by atoms with Crippen molar-refractivity contribution in [3.63, 3.8) is 0 Å². The molecule has 1 aliphatic rings. The van der Waals surface area contributed by atoms with E-state index in [0.717, 1.165) is 5.92 Å². The fraction of sp³-hybridized carbons (Fsp3) is 1.00. The van der Waals surface area contributed by atoms with E-state index in [9.17, 15) is 0 Å². The Morgan fingerprint density at radius 2 is 1.38 bits per heavy atom. The predicted molar refractivity (Wildman–Crippen MR) is 95.6 cm³/mol. The van der Waals surface area contributed by atoms with Crippen LogP contribution in [0.15, 0.2) is 0 Å². The molecule has 0 saturated heterocycles. The molecule has 1 heteroatoms. The SMILES string of the molecule is CCCCCCCC[N+](CC)(CCC)CC1CCCCC1. The largest absolute Gasteiger partial charge is 0.324 e. The highest BCUT2D eigenvalue weighted by atomic mass is 15.3. The van der Waals surface area contributed by atoms with E-state index in [1.54, 1.807) is 0 Å². The minimum Gasteiger partial charge on any atom is -0.324 e. The van der Waals surface area contributed by atoms with Crippen LogP contribution < -0.4 is 0 Å². The first-order chi connectivity index (χ1) is 10.3. The molecule has 0 aromatic rings. The van der Waals surface area contributed by atoms with Gasteiger partial charge in [-0.15, -0.1) is 0 Å². The monoisotopic (exact) mass is 296 g/mol. The lowest BCUT2D eigenvalue weighted by Gasteiger charge is -2.41. The maximum Gasteiger partial charge on any atom is 0.0815 e. The summed E-state index contributed by atoms with van der Waals surface area (Å²) in [6.07, 6.45) is 17.5. The molecule has 126 valence electrons. The molecule has 0 amide bonds. The van der Waals surface area contributed by atoms with E-state index in [-0.39, 0.29) is 0 Å². The molecule has 1 atom stereocenters. The van der Waals surface area contributed by atoms with Gasteiger partial charge in [0, 0.05) is 5.92 Å². The minimum atomic E-state index is 1.03. The number of rotatable bonds is 12. The summed E-state index contributed by atoms with van der Waals surface area (Å²) in [6, 6.07) is 0. The first-order valence-corrected chi connectivity index (χ1v) is 10.1. The van der Waals surface area contributed by atoms with Crippen molar-refractivity contribution in [3.8, 4) is 0 Å². The molecule has 0 aromatic carbocycles. The van der Waals surface area contributed by atoms with Gasteiger partial charge in [-0.25, -0.2) is 0 Å². The molecule has 1 rings (SSSR count). The van der Waals surface area contributed by atoms with Crippen LogP contribution in [-0.2, 0) is 0 Å². The van der Waals surface area contributed by atoms with Crippen LogP contribution in [0.3, 0.4) is 0 Å². The molecule has 1 aliphatic carbocycles. The van der Waals surface area contributed by atoms with Crippen molar-refractivity contribution in [1.29, 1.82) is 0 Å². The summed E-state index contributed by atoms with van der Waals surface area (Å²) in [6.45, 7) is 12.8. The van der Waals surface area contributed by atoms with Crippen molar-refractivity contribution in [2.24, 2.45) is 5.92 Å². The van der Waals surface area contributed by atoms with Crippen molar-refractivity contribution in [3.05, 3.63) is 0 Å². The standard InChI is InChI=1S/C20H42N/c1-4-7-8-9-10-14-18-21(6-3,17-5-2)19-20-15-12-11-13-16-20/h20H,4-19H2,1-3H3/q+1. The van der Waals surface area contributed by atoms with Gasteiger partial charge >= 0.3 is 0 Å². The second-order valence-electron chi connectivity index (χ2n) is 7.56. The van der Waals surface area contributed by atoms with Crippen LogP contribution in [0.25, 0.3) is 0 Å². The number of nitrogens with zero attached hydrogens (tertiary/aromatic N) is 1. The average Bonchev–Trinajstić information content (AvgIpc) is 2.52. The predicted octanol–water partition coefficient (Wildman–Crippen LogP) is 6.17. The molecule has 0 aromatic heterocycles. The Kier molecular flexibility index (Phi) is 10.4. The highest BCUT2D eigenvalue weighted by molar-refractivity contribution is 4.66. The number of hydrogen-bond acceptors (Lipinski definition) is 0. The Labute approximate surface area is 135 Å². The van der Waals surface area contributed by atoms with Crippen molar-refractivity contribution in [1.82, 2.24) is 0 Å². The van der Waals surface area contributed by atoms with Gasteiger partial charge in [0.2, 0.25) is 0 Å². The molecule has 0 N–H and O–H groups in total.